The standard InChI is InChI=1S/C14H21NO7/c1-7(16)20-10-4-5-12(19)15-6-11(21-8(2)17)14(13(10)15)22-9(3)18/h10-14,19H,4-6H2,1-3H3/t10-,11-,12?,13?,14-/m1/s1. The predicted octanol–water partition coefficient (Wildman–Crippen LogP) is -0.422. The lowest BCUT2D eigenvalue weighted by molar-refractivity contribution is -0.174. The monoisotopic (exact) mass is 315 g/mol. The van der Waals surface area contributed by atoms with Crippen LogP contribution in [-0.2, 0) is 28.6 Å². The third-order valence-corrected chi connectivity index (χ3v) is 3.89. The summed E-state index contributed by atoms with van der Waals surface area (Å²) in [5, 5.41) is 10.1. The van der Waals surface area contributed by atoms with Gasteiger partial charge in [0.15, 0.2) is 12.2 Å². The highest BCUT2D eigenvalue weighted by Crippen LogP contribution is 2.35. The van der Waals surface area contributed by atoms with Crippen molar-refractivity contribution in [1.29, 1.82) is 0 Å². The van der Waals surface area contributed by atoms with Gasteiger partial charge in [0.25, 0.3) is 0 Å². The van der Waals surface area contributed by atoms with Crippen molar-refractivity contribution in [2.24, 2.45) is 0 Å². The summed E-state index contributed by atoms with van der Waals surface area (Å²) in [6.45, 7) is 4.05. The first-order chi connectivity index (χ1) is 10.3. The zero-order valence-corrected chi connectivity index (χ0v) is 12.9. The Balaban J connectivity index is 2.26. The van der Waals surface area contributed by atoms with Gasteiger partial charge in [-0.25, -0.2) is 0 Å². The molecule has 2 saturated heterocycles. The van der Waals surface area contributed by atoms with Crippen molar-refractivity contribution in [3.05, 3.63) is 0 Å². The molecule has 0 aliphatic carbocycles. The number of piperidine rings is 1. The van der Waals surface area contributed by atoms with Crippen molar-refractivity contribution in [3.63, 3.8) is 0 Å². The largest absolute Gasteiger partial charge is 0.461 e. The van der Waals surface area contributed by atoms with E-state index >= 15 is 0 Å². The summed E-state index contributed by atoms with van der Waals surface area (Å²) in [6.07, 6.45) is -1.88. The fraction of sp³-hybridized carbons (Fsp3) is 0.786. The van der Waals surface area contributed by atoms with Gasteiger partial charge < -0.3 is 19.3 Å². The van der Waals surface area contributed by atoms with Crippen LogP contribution in [-0.4, -0.2) is 65.0 Å². The van der Waals surface area contributed by atoms with Crippen molar-refractivity contribution >= 4 is 17.9 Å². The van der Waals surface area contributed by atoms with Gasteiger partial charge in [0.1, 0.15) is 12.3 Å². The number of carbonyl (C=O) groups is 3. The molecule has 124 valence electrons. The average molecular weight is 315 g/mol. The Labute approximate surface area is 128 Å². The van der Waals surface area contributed by atoms with Crippen molar-refractivity contribution in [2.75, 3.05) is 6.54 Å². The number of nitrogens with zero attached hydrogens (tertiary/aromatic N) is 1. The van der Waals surface area contributed by atoms with E-state index in [-0.39, 0.29) is 6.54 Å². The molecular formula is C14H21NO7. The number of carbonyl (C=O) groups excluding carboxylic acids is 3. The lowest BCUT2D eigenvalue weighted by atomic mass is 9.95. The second-order valence-corrected chi connectivity index (χ2v) is 5.62. The van der Waals surface area contributed by atoms with E-state index in [9.17, 15) is 19.5 Å². The number of hydrogen-bond acceptors (Lipinski definition) is 8. The van der Waals surface area contributed by atoms with Crippen LogP contribution in [0.15, 0.2) is 0 Å². The van der Waals surface area contributed by atoms with E-state index in [0.717, 1.165) is 0 Å². The van der Waals surface area contributed by atoms with Gasteiger partial charge >= 0.3 is 17.9 Å². The maximum absolute atomic E-state index is 11.4. The van der Waals surface area contributed by atoms with Crippen LogP contribution >= 0.6 is 0 Å². The molecule has 5 atom stereocenters. The van der Waals surface area contributed by atoms with Gasteiger partial charge in [-0.3, -0.25) is 19.3 Å². The number of ether oxygens (including phenoxy) is 3. The number of fused-ring (bicyclic) bond motifs is 1. The highest BCUT2D eigenvalue weighted by Gasteiger charge is 2.54. The van der Waals surface area contributed by atoms with Gasteiger partial charge in [-0.15, -0.1) is 0 Å². The lowest BCUT2D eigenvalue weighted by Gasteiger charge is -2.40. The van der Waals surface area contributed by atoms with Gasteiger partial charge in [0.2, 0.25) is 0 Å². The minimum absolute atomic E-state index is 0.223. The van der Waals surface area contributed by atoms with Crippen molar-refractivity contribution in [1.82, 2.24) is 4.90 Å². The normalized spacial score (nSPS) is 34.6. The van der Waals surface area contributed by atoms with Crippen LogP contribution in [0.5, 0.6) is 0 Å². The van der Waals surface area contributed by atoms with E-state index < -0.39 is 48.5 Å². The molecule has 0 aromatic rings. The smallest absolute Gasteiger partial charge is 0.303 e. The first kappa shape index (κ1) is 16.7. The van der Waals surface area contributed by atoms with Gasteiger partial charge in [-0.2, -0.15) is 0 Å². The highest BCUT2D eigenvalue weighted by atomic mass is 16.6. The lowest BCUT2D eigenvalue weighted by Crippen LogP contribution is -2.55. The summed E-state index contributed by atoms with van der Waals surface area (Å²) in [4.78, 5) is 35.6. The van der Waals surface area contributed by atoms with Gasteiger partial charge in [0.05, 0.1) is 6.04 Å². The maximum atomic E-state index is 11.4. The highest BCUT2D eigenvalue weighted by molar-refractivity contribution is 5.68. The molecular weight excluding hydrogens is 294 g/mol. The van der Waals surface area contributed by atoms with Crippen molar-refractivity contribution < 1.29 is 33.7 Å². The first-order valence-corrected chi connectivity index (χ1v) is 7.25. The molecule has 0 saturated carbocycles. The van der Waals surface area contributed by atoms with Crippen LogP contribution < -0.4 is 0 Å². The predicted molar refractivity (Wildman–Crippen MR) is 72.4 cm³/mol. The Morgan fingerprint density at radius 3 is 2.00 bits per heavy atom. The van der Waals surface area contributed by atoms with Gasteiger partial charge in [-0.05, 0) is 12.8 Å². The number of hydrogen-bond donors (Lipinski definition) is 1. The second kappa shape index (κ2) is 6.62. The Hall–Kier alpha value is -1.67. The quantitative estimate of drug-likeness (QED) is 0.553. The van der Waals surface area contributed by atoms with Crippen LogP contribution in [0.25, 0.3) is 0 Å². The third kappa shape index (κ3) is 3.56. The molecule has 1 N–H and O–H groups in total. The SMILES string of the molecule is CC(=O)O[C@@H]1CCC(O)N2C[C@@H](OC(C)=O)[C@@H](OC(C)=O)C12. The van der Waals surface area contributed by atoms with E-state index in [2.05, 4.69) is 0 Å². The number of rotatable bonds is 3. The van der Waals surface area contributed by atoms with Crippen LogP contribution in [0, 0.1) is 0 Å². The fourth-order valence-corrected chi connectivity index (χ4v) is 3.23. The van der Waals surface area contributed by atoms with Crippen molar-refractivity contribution in [2.45, 2.75) is 64.2 Å². The summed E-state index contributed by atoms with van der Waals surface area (Å²) in [7, 11) is 0. The van der Waals surface area contributed by atoms with E-state index in [4.69, 9.17) is 14.2 Å². The summed E-state index contributed by atoms with van der Waals surface area (Å²) in [6, 6.07) is -0.527. The second-order valence-electron chi connectivity index (χ2n) is 5.62. The average Bonchev–Trinajstić information content (AvgIpc) is 2.71. The molecule has 2 aliphatic rings. The number of aliphatic hydroxyl groups is 1. The van der Waals surface area contributed by atoms with Gasteiger partial charge in [-0.1, -0.05) is 0 Å². The topological polar surface area (TPSA) is 102 Å². The van der Waals surface area contributed by atoms with Crippen LogP contribution in [0.2, 0.25) is 0 Å². The van der Waals surface area contributed by atoms with Gasteiger partial charge in [0, 0.05) is 27.3 Å². The number of esters is 3. The maximum Gasteiger partial charge on any atom is 0.303 e. The molecule has 2 fully saturated rings. The molecule has 2 unspecified atom stereocenters. The Morgan fingerprint density at radius 1 is 0.909 bits per heavy atom. The summed E-state index contributed by atoms with van der Waals surface area (Å²) >= 11 is 0. The molecule has 0 aromatic carbocycles. The molecule has 0 radical (unpaired) electrons. The Bertz CT molecular complexity index is 466. The molecule has 0 aromatic heterocycles. The Kier molecular flexibility index (Phi) is 5.02. The summed E-state index contributed by atoms with van der Waals surface area (Å²) in [5.74, 6) is -1.47. The first-order valence-electron chi connectivity index (χ1n) is 7.25. The molecule has 2 heterocycles. The minimum atomic E-state index is -0.777. The minimum Gasteiger partial charge on any atom is -0.461 e. The zero-order chi connectivity index (χ0) is 16.4. The fourth-order valence-electron chi connectivity index (χ4n) is 3.23. The summed E-state index contributed by atoms with van der Waals surface area (Å²) < 4.78 is 15.8. The Morgan fingerprint density at radius 2 is 1.45 bits per heavy atom. The molecule has 8 heteroatoms. The van der Waals surface area contributed by atoms with Crippen LogP contribution in [0.1, 0.15) is 33.6 Å². The number of aliphatic hydroxyl groups excluding tert-OH is 1. The van der Waals surface area contributed by atoms with Crippen LogP contribution in [0.4, 0.5) is 0 Å². The van der Waals surface area contributed by atoms with E-state index in [1.807, 2.05) is 0 Å². The molecule has 0 spiro atoms. The van der Waals surface area contributed by atoms with E-state index in [1.165, 1.54) is 20.8 Å². The van der Waals surface area contributed by atoms with Crippen molar-refractivity contribution in [3.8, 4) is 0 Å². The molecule has 22 heavy (non-hydrogen) atoms. The van der Waals surface area contributed by atoms with E-state index in [0.29, 0.717) is 12.8 Å². The molecule has 2 aliphatic heterocycles. The molecule has 0 bridgehead atoms. The van der Waals surface area contributed by atoms with E-state index in [1.54, 1.807) is 4.90 Å². The van der Waals surface area contributed by atoms with Crippen LogP contribution in [0.3, 0.4) is 0 Å². The zero-order valence-electron chi connectivity index (χ0n) is 12.9. The third-order valence-electron chi connectivity index (χ3n) is 3.89. The molecule has 8 nitrogen and oxygen atoms in total. The molecule has 0 amide bonds. The molecule has 2 rings (SSSR count). The summed E-state index contributed by atoms with van der Waals surface area (Å²) in [5.41, 5.74) is 0.